The average molecular weight is 385 g/mol. The van der Waals surface area contributed by atoms with Crippen molar-refractivity contribution in [1.29, 1.82) is 0 Å². The quantitative estimate of drug-likeness (QED) is 0.672. The summed E-state index contributed by atoms with van der Waals surface area (Å²) in [6, 6.07) is 16.9. The highest BCUT2D eigenvalue weighted by Crippen LogP contribution is 2.32. The number of rotatable bonds is 3. The SMILES string of the molecule is Cc1cc(Nc2ccc(F)cc2)nc(N2CCc3ccccc3C2C)n1.Cl. The first-order chi connectivity index (χ1) is 12.6. The largest absolute Gasteiger partial charge is 0.340 e. The van der Waals surface area contributed by atoms with Crippen molar-refractivity contribution < 1.29 is 4.39 Å². The Morgan fingerprint density at radius 1 is 1.07 bits per heavy atom. The number of anilines is 3. The van der Waals surface area contributed by atoms with Gasteiger partial charge in [0.15, 0.2) is 0 Å². The van der Waals surface area contributed by atoms with E-state index in [-0.39, 0.29) is 24.3 Å². The van der Waals surface area contributed by atoms with Gasteiger partial charge in [-0.05, 0) is 55.7 Å². The zero-order valence-corrected chi connectivity index (χ0v) is 16.1. The first-order valence-corrected chi connectivity index (χ1v) is 8.83. The molecule has 0 spiro atoms. The molecule has 2 heterocycles. The van der Waals surface area contributed by atoms with Gasteiger partial charge in [0.1, 0.15) is 11.6 Å². The van der Waals surface area contributed by atoms with Gasteiger partial charge in [0.25, 0.3) is 0 Å². The molecule has 0 saturated heterocycles. The van der Waals surface area contributed by atoms with Crippen molar-refractivity contribution in [1.82, 2.24) is 9.97 Å². The van der Waals surface area contributed by atoms with Crippen LogP contribution in [0.25, 0.3) is 0 Å². The van der Waals surface area contributed by atoms with Gasteiger partial charge >= 0.3 is 0 Å². The molecule has 1 aliphatic rings. The van der Waals surface area contributed by atoms with Gasteiger partial charge in [0.05, 0.1) is 6.04 Å². The van der Waals surface area contributed by atoms with E-state index in [2.05, 4.69) is 46.4 Å². The third-order valence-electron chi connectivity index (χ3n) is 4.81. The van der Waals surface area contributed by atoms with Crippen LogP contribution < -0.4 is 10.2 Å². The summed E-state index contributed by atoms with van der Waals surface area (Å²) in [7, 11) is 0. The predicted molar refractivity (Wildman–Crippen MR) is 110 cm³/mol. The topological polar surface area (TPSA) is 41.1 Å². The van der Waals surface area contributed by atoms with Crippen molar-refractivity contribution in [2.45, 2.75) is 26.3 Å². The number of halogens is 2. The van der Waals surface area contributed by atoms with E-state index in [1.807, 2.05) is 13.0 Å². The lowest BCUT2D eigenvalue weighted by Crippen LogP contribution is -2.35. The molecule has 3 aromatic rings. The van der Waals surface area contributed by atoms with Crippen LogP contribution in [-0.2, 0) is 6.42 Å². The van der Waals surface area contributed by atoms with Gasteiger partial charge in [-0.1, -0.05) is 24.3 Å². The number of benzene rings is 2. The second-order valence-corrected chi connectivity index (χ2v) is 6.64. The Kier molecular flexibility index (Phi) is 5.61. The number of nitrogens with one attached hydrogen (secondary N) is 1. The summed E-state index contributed by atoms with van der Waals surface area (Å²) in [5, 5.41) is 3.24. The molecule has 1 N–H and O–H groups in total. The summed E-state index contributed by atoms with van der Waals surface area (Å²) in [5.74, 6) is 1.18. The van der Waals surface area contributed by atoms with Crippen molar-refractivity contribution in [2.75, 3.05) is 16.8 Å². The molecule has 1 aromatic heterocycles. The van der Waals surface area contributed by atoms with Crippen LogP contribution >= 0.6 is 12.4 Å². The molecule has 0 bridgehead atoms. The molecular formula is C21H22ClFN4. The molecule has 1 aliphatic heterocycles. The predicted octanol–water partition coefficient (Wildman–Crippen LogP) is 5.21. The first-order valence-electron chi connectivity index (χ1n) is 8.83. The molecule has 0 radical (unpaired) electrons. The summed E-state index contributed by atoms with van der Waals surface area (Å²) >= 11 is 0. The third-order valence-corrected chi connectivity index (χ3v) is 4.81. The highest BCUT2D eigenvalue weighted by Gasteiger charge is 2.25. The summed E-state index contributed by atoms with van der Waals surface area (Å²) in [6.07, 6.45) is 0.985. The minimum Gasteiger partial charge on any atom is -0.340 e. The number of fused-ring (bicyclic) bond motifs is 1. The van der Waals surface area contributed by atoms with Crippen LogP contribution in [0, 0.1) is 12.7 Å². The van der Waals surface area contributed by atoms with Crippen molar-refractivity contribution in [3.63, 3.8) is 0 Å². The third kappa shape index (κ3) is 4.03. The fourth-order valence-corrected chi connectivity index (χ4v) is 3.47. The van der Waals surface area contributed by atoms with Gasteiger partial charge in [-0.3, -0.25) is 0 Å². The number of hydrogen-bond acceptors (Lipinski definition) is 4. The molecule has 0 saturated carbocycles. The Balaban J connectivity index is 0.00000210. The highest BCUT2D eigenvalue weighted by molar-refractivity contribution is 5.85. The Morgan fingerprint density at radius 3 is 2.59 bits per heavy atom. The Hall–Kier alpha value is -2.66. The van der Waals surface area contributed by atoms with Gasteiger partial charge in [0.2, 0.25) is 5.95 Å². The minimum atomic E-state index is -0.254. The highest BCUT2D eigenvalue weighted by atomic mass is 35.5. The maximum atomic E-state index is 13.1. The second-order valence-electron chi connectivity index (χ2n) is 6.64. The molecule has 0 fully saturated rings. The van der Waals surface area contributed by atoms with Crippen LogP contribution in [0.1, 0.15) is 29.8 Å². The van der Waals surface area contributed by atoms with Crippen LogP contribution in [0.4, 0.5) is 21.8 Å². The molecule has 4 nitrogen and oxygen atoms in total. The summed E-state index contributed by atoms with van der Waals surface area (Å²) in [6.45, 7) is 5.04. The van der Waals surface area contributed by atoms with Gasteiger partial charge in [-0.15, -0.1) is 12.4 Å². The Morgan fingerprint density at radius 2 is 1.81 bits per heavy atom. The van der Waals surface area contributed by atoms with E-state index in [9.17, 15) is 4.39 Å². The molecule has 1 atom stereocenters. The van der Waals surface area contributed by atoms with Crippen molar-refractivity contribution in [3.05, 3.63) is 77.2 Å². The van der Waals surface area contributed by atoms with Crippen LogP contribution in [0.15, 0.2) is 54.6 Å². The Labute approximate surface area is 164 Å². The number of aromatic nitrogens is 2. The van der Waals surface area contributed by atoms with E-state index < -0.39 is 0 Å². The lowest BCUT2D eigenvalue weighted by Gasteiger charge is -2.35. The fourth-order valence-electron chi connectivity index (χ4n) is 3.47. The number of hydrogen-bond donors (Lipinski definition) is 1. The Bertz CT molecular complexity index is 930. The summed E-state index contributed by atoms with van der Waals surface area (Å²) in [4.78, 5) is 11.6. The zero-order valence-electron chi connectivity index (χ0n) is 15.3. The van der Waals surface area contributed by atoms with E-state index in [1.165, 1.54) is 23.3 Å². The maximum Gasteiger partial charge on any atom is 0.228 e. The number of nitrogens with zero attached hydrogens (tertiary/aromatic N) is 3. The normalized spacial score (nSPS) is 15.7. The van der Waals surface area contributed by atoms with Gasteiger partial charge < -0.3 is 10.2 Å². The monoisotopic (exact) mass is 384 g/mol. The van der Waals surface area contributed by atoms with E-state index >= 15 is 0 Å². The van der Waals surface area contributed by atoms with Gasteiger partial charge in [-0.2, -0.15) is 4.98 Å². The van der Waals surface area contributed by atoms with Crippen molar-refractivity contribution >= 4 is 29.9 Å². The van der Waals surface area contributed by atoms with E-state index in [1.54, 1.807) is 12.1 Å². The van der Waals surface area contributed by atoms with Crippen molar-refractivity contribution in [3.8, 4) is 0 Å². The van der Waals surface area contributed by atoms with Crippen LogP contribution in [0.5, 0.6) is 0 Å². The molecule has 0 amide bonds. The standard InChI is InChI=1S/C21H21FN4.ClH/c1-14-13-20(24-18-9-7-17(22)8-10-18)25-21(23-14)26-12-11-16-5-3-4-6-19(16)15(26)2;/h3-10,13,15H,11-12H2,1-2H3,(H,23,24,25);1H. The molecule has 6 heteroatoms. The van der Waals surface area contributed by atoms with Gasteiger partial charge in [0, 0.05) is 24.0 Å². The van der Waals surface area contributed by atoms with Crippen molar-refractivity contribution in [2.24, 2.45) is 0 Å². The minimum absolute atomic E-state index is 0. The molecule has 140 valence electrons. The molecular weight excluding hydrogens is 363 g/mol. The lowest BCUT2D eigenvalue weighted by molar-refractivity contribution is 0.608. The smallest absolute Gasteiger partial charge is 0.228 e. The van der Waals surface area contributed by atoms with Crippen LogP contribution in [-0.4, -0.2) is 16.5 Å². The lowest BCUT2D eigenvalue weighted by atomic mass is 9.94. The molecule has 0 aliphatic carbocycles. The number of aryl methyl sites for hydroxylation is 1. The molecule has 2 aromatic carbocycles. The van der Waals surface area contributed by atoms with Crippen LogP contribution in [0.2, 0.25) is 0 Å². The summed E-state index contributed by atoms with van der Waals surface area (Å²) in [5.41, 5.74) is 4.42. The second kappa shape index (κ2) is 7.92. The van der Waals surface area contributed by atoms with Crippen LogP contribution in [0.3, 0.4) is 0 Å². The van der Waals surface area contributed by atoms with Gasteiger partial charge in [-0.25, -0.2) is 9.37 Å². The molecule has 27 heavy (non-hydrogen) atoms. The van der Waals surface area contributed by atoms with E-state index in [0.29, 0.717) is 5.82 Å². The molecule has 4 rings (SSSR count). The fraction of sp³-hybridized carbons (Fsp3) is 0.238. The maximum absolute atomic E-state index is 13.1. The average Bonchev–Trinajstić information content (AvgIpc) is 2.64. The first kappa shape index (κ1) is 19.1. The van der Waals surface area contributed by atoms with E-state index in [0.717, 1.165) is 30.3 Å². The summed E-state index contributed by atoms with van der Waals surface area (Å²) < 4.78 is 13.1. The molecule has 1 unspecified atom stereocenters. The van der Waals surface area contributed by atoms with E-state index in [4.69, 9.17) is 4.98 Å². The zero-order chi connectivity index (χ0) is 18.1.